The molecule has 2 fully saturated rings. The van der Waals surface area contributed by atoms with Gasteiger partial charge >= 0.3 is 0 Å². The number of hydrogen-bond acceptors (Lipinski definition) is 4. The molecule has 3 rings (SSSR count). The van der Waals surface area contributed by atoms with Gasteiger partial charge in [-0.2, -0.15) is 5.26 Å². The van der Waals surface area contributed by atoms with Crippen LogP contribution >= 0.6 is 11.8 Å². The minimum absolute atomic E-state index is 0.300. The second kappa shape index (κ2) is 4.34. The molecule has 2 aliphatic carbocycles. The molecule has 1 atom stereocenters. The lowest BCUT2D eigenvalue weighted by atomic mass is 10.4. The maximum Gasteiger partial charge on any atom is 0.191 e. The second-order valence-electron chi connectivity index (χ2n) is 5.01. The lowest BCUT2D eigenvalue weighted by molar-refractivity contribution is 0.625. The number of nitriles is 1. The van der Waals surface area contributed by atoms with Crippen molar-refractivity contribution in [3.63, 3.8) is 0 Å². The van der Waals surface area contributed by atoms with Crippen LogP contribution < -0.4 is 0 Å². The van der Waals surface area contributed by atoms with Gasteiger partial charge in [0, 0.05) is 23.6 Å². The minimum atomic E-state index is 0.300. The third-order valence-corrected chi connectivity index (χ3v) is 4.29. The van der Waals surface area contributed by atoms with Gasteiger partial charge in [0.2, 0.25) is 0 Å². The van der Waals surface area contributed by atoms with E-state index in [-0.39, 0.29) is 0 Å². The van der Waals surface area contributed by atoms with Crippen LogP contribution in [-0.4, -0.2) is 20.0 Å². The Bertz CT molecular complexity index is 454. The maximum atomic E-state index is 8.70. The van der Waals surface area contributed by atoms with Gasteiger partial charge in [-0.15, -0.1) is 10.2 Å². The molecule has 0 radical (unpaired) electrons. The Morgan fingerprint density at radius 3 is 2.76 bits per heavy atom. The molecular weight excluding hydrogens is 232 g/mol. The van der Waals surface area contributed by atoms with Crippen molar-refractivity contribution in [2.24, 2.45) is 0 Å². The van der Waals surface area contributed by atoms with E-state index in [1.807, 2.05) is 0 Å². The van der Waals surface area contributed by atoms with Gasteiger partial charge < -0.3 is 4.57 Å². The average molecular weight is 248 g/mol. The first-order valence-electron chi connectivity index (χ1n) is 6.28. The van der Waals surface area contributed by atoms with E-state index in [4.69, 9.17) is 5.26 Å². The SMILES string of the molecule is CC(CC#N)Sc1nnc(C2CC2)n1C1CC1. The molecule has 5 heteroatoms. The molecule has 0 saturated heterocycles. The number of rotatable bonds is 5. The Morgan fingerprint density at radius 1 is 1.41 bits per heavy atom. The van der Waals surface area contributed by atoms with E-state index in [2.05, 4.69) is 27.8 Å². The lowest BCUT2D eigenvalue weighted by Gasteiger charge is -2.10. The zero-order valence-electron chi connectivity index (χ0n) is 9.96. The van der Waals surface area contributed by atoms with Crippen LogP contribution in [0.1, 0.15) is 56.8 Å². The standard InChI is InChI=1S/C12H16N4S/c1-8(6-7-13)17-12-15-14-11(9-2-3-9)16(12)10-4-5-10/h8-10H,2-6H2,1H3. The van der Waals surface area contributed by atoms with Gasteiger partial charge in [0.1, 0.15) is 5.82 Å². The fourth-order valence-electron chi connectivity index (χ4n) is 2.01. The predicted octanol–water partition coefficient (Wildman–Crippen LogP) is 2.88. The van der Waals surface area contributed by atoms with E-state index in [9.17, 15) is 0 Å². The van der Waals surface area contributed by atoms with E-state index >= 15 is 0 Å². The largest absolute Gasteiger partial charge is 0.303 e. The highest BCUT2D eigenvalue weighted by Crippen LogP contribution is 2.46. The lowest BCUT2D eigenvalue weighted by Crippen LogP contribution is -2.04. The molecule has 0 aromatic carbocycles. The van der Waals surface area contributed by atoms with E-state index in [1.165, 1.54) is 31.5 Å². The van der Waals surface area contributed by atoms with Gasteiger partial charge in [-0.1, -0.05) is 18.7 Å². The van der Waals surface area contributed by atoms with E-state index in [0.717, 1.165) is 5.16 Å². The van der Waals surface area contributed by atoms with Crippen molar-refractivity contribution < 1.29 is 0 Å². The highest BCUT2D eigenvalue weighted by molar-refractivity contribution is 7.99. The summed E-state index contributed by atoms with van der Waals surface area (Å²) in [6, 6.07) is 2.85. The molecule has 0 spiro atoms. The van der Waals surface area contributed by atoms with Crippen LogP contribution in [0.2, 0.25) is 0 Å². The number of aromatic nitrogens is 3. The molecular formula is C12H16N4S. The summed E-state index contributed by atoms with van der Waals surface area (Å²) in [5.41, 5.74) is 0. The molecule has 90 valence electrons. The van der Waals surface area contributed by atoms with Gasteiger partial charge in [0.05, 0.1) is 6.07 Å². The first-order chi connectivity index (χ1) is 8.29. The smallest absolute Gasteiger partial charge is 0.191 e. The third-order valence-electron chi connectivity index (χ3n) is 3.23. The zero-order chi connectivity index (χ0) is 11.8. The van der Waals surface area contributed by atoms with Crippen LogP contribution in [0.15, 0.2) is 5.16 Å². The first kappa shape index (κ1) is 11.1. The Labute approximate surface area is 105 Å². The van der Waals surface area contributed by atoms with Gasteiger partial charge in [-0.3, -0.25) is 0 Å². The summed E-state index contributed by atoms with van der Waals surface area (Å²) < 4.78 is 2.34. The minimum Gasteiger partial charge on any atom is -0.303 e. The van der Waals surface area contributed by atoms with Gasteiger partial charge in [-0.25, -0.2) is 0 Å². The Hall–Kier alpha value is -1.02. The molecule has 2 aliphatic rings. The summed E-state index contributed by atoms with van der Waals surface area (Å²) in [6.07, 6.45) is 5.63. The van der Waals surface area contributed by atoms with Crippen LogP contribution in [0.4, 0.5) is 0 Å². The van der Waals surface area contributed by atoms with E-state index < -0.39 is 0 Å². The zero-order valence-corrected chi connectivity index (χ0v) is 10.8. The molecule has 1 aromatic rings. The van der Waals surface area contributed by atoms with Crippen molar-refractivity contribution in [1.29, 1.82) is 5.26 Å². The Kier molecular flexibility index (Phi) is 2.83. The molecule has 1 unspecified atom stereocenters. The van der Waals surface area contributed by atoms with Crippen molar-refractivity contribution in [1.82, 2.24) is 14.8 Å². The van der Waals surface area contributed by atoms with Crippen molar-refractivity contribution in [3.05, 3.63) is 5.82 Å². The predicted molar refractivity (Wildman–Crippen MR) is 65.8 cm³/mol. The van der Waals surface area contributed by atoms with Gasteiger partial charge in [-0.05, 0) is 25.7 Å². The van der Waals surface area contributed by atoms with E-state index in [1.54, 1.807) is 11.8 Å². The highest BCUT2D eigenvalue weighted by Gasteiger charge is 2.36. The summed E-state index contributed by atoms with van der Waals surface area (Å²) in [4.78, 5) is 0. The summed E-state index contributed by atoms with van der Waals surface area (Å²) >= 11 is 1.70. The molecule has 2 saturated carbocycles. The van der Waals surface area contributed by atoms with Crippen LogP contribution in [0.25, 0.3) is 0 Å². The Balaban J connectivity index is 1.81. The highest BCUT2D eigenvalue weighted by atomic mass is 32.2. The number of thioether (sulfide) groups is 1. The quantitative estimate of drug-likeness (QED) is 0.752. The van der Waals surface area contributed by atoms with Crippen molar-refractivity contribution in [2.45, 2.75) is 61.4 Å². The molecule has 0 bridgehead atoms. The Morgan fingerprint density at radius 2 is 2.18 bits per heavy atom. The van der Waals surface area contributed by atoms with Crippen molar-refractivity contribution in [2.75, 3.05) is 0 Å². The second-order valence-corrected chi connectivity index (χ2v) is 6.41. The molecule has 1 heterocycles. The third kappa shape index (κ3) is 2.32. The normalized spacial score (nSPS) is 21.2. The summed E-state index contributed by atoms with van der Waals surface area (Å²) in [5, 5.41) is 18.7. The first-order valence-corrected chi connectivity index (χ1v) is 7.16. The summed E-state index contributed by atoms with van der Waals surface area (Å²) in [7, 11) is 0. The fourth-order valence-corrected chi connectivity index (χ4v) is 2.98. The van der Waals surface area contributed by atoms with Gasteiger partial charge in [0.15, 0.2) is 5.16 Å². The topological polar surface area (TPSA) is 54.5 Å². The van der Waals surface area contributed by atoms with Crippen molar-refractivity contribution >= 4 is 11.8 Å². The molecule has 4 nitrogen and oxygen atoms in total. The van der Waals surface area contributed by atoms with Crippen LogP contribution in [0.5, 0.6) is 0 Å². The van der Waals surface area contributed by atoms with Crippen LogP contribution in [-0.2, 0) is 0 Å². The molecule has 0 aliphatic heterocycles. The molecule has 17 heavy (non-hydrogen) atoms. The van der Waals surface area contributed by atoms with Crippen LogP contribution in [0.3, 0.4) is 0 Å². The average Bonchev–Trinajstić information content (AvgIpc) is 3.19. The molecule has 0 N–H and O–H groups in total. The van der Waals surface area contributed by atoms with E-state index in [0.29, 0.717) is 23.6 Å². The monoisotopic (exact) mass is 248 g/mol. The molecule has 0 amide bonds. The maximum absolute atomic E-state index is 8.70. The molecule has 1 aromatic heterocycles. The van der Waals surface area contributed by atoms with Crippen molar-refractivity contribution in [3.8, 4) is 6.07 Å². The summed E-state index contributed by atoms with van der Waals surface area (Å²) in [6.45, 7) is 2.08. The number of hydrogen-bond donors (Lipinski definition) is 0. The van der Waals surface area contributed by atoms with Crippen LogP contribution in [0, 0.1) is 11.3 Å². The number of nitrogens with zero attached hydrogens (tertiary/aromatic N) is 4. The fraction of sp³-hybridized carbons (Fsp3) is 0.750. The van der Waals surface area contributed by atoms with Gasteiger partial charge in [0.25, 0.3) is 0 Å². The summed E-state index contributed by atoms with van der Waals surface area (Å²) in [5.74, 6) is 1.85.